The molecule has 31 heavy (non-hydrogen) atoms. The minimum atomic E-state index is -0.120. The number of imidazole rings is 1. The summed E-state index contributed by atoms with van der Waals surface area (Å²) in [5.41, 5.74) is 4.80. The van der Waals surface area contributed by atoms with Gasteiger partial charge in [-0.2, -0.15) is 0 Å². The van der Waals surface area contributed by atoms with Crippen LogP contribution in [0.15, 0.2) is 60.8 Å². The van der Waals surface area contributed by atoms with Crippen molar-refractivity contribution < 1.29 is 9.53 Å². The van der Waals surface area contributed by atoms with Gasteiger partial charge in [-0.15, -0.1) is 0 Å². The number of hydrogen-bond donors (Lipinski definition) is 1. The molecule has 1 N–H and O–H groups in total. The van der Waals surface area contributed by atoms with Crippen LogP contribution in [-0.4, -0.2) is 32.5 Å². The molecule has 0 aliphatic carbocycles. The highest BCUT2D eigenvalue weighted by atomic mass is 35.5. The summed E-state index contributed by atoms with van der Waals surface area (Å²) >= 11 is 6.01. The van der Waals surface area contributed by atoms with Crippen LogP contribution in [0.25, 0.3) is 22.1 Å². The molecule has 0 saturated heterocycles. The van der Waals surface area contributed by atoms with Gasteiger partial charge >= 0.3 is 0 Å². The maximum atomic E-state index is 13.4. The predicted molar refractivity (Wildman–Crippen MR) is 121 cm³/mol. The van der Waals surface area contributed by atoms with Gasteiger partial charge in [-0.3, -0.25) is 9.36 Å². The Morgan fingerprint density at radius 1 is 1.16 bits per heavy atom. The number of carbonyl (C=O) groups excluding carboxylic acids is 1. The van der Waals surface area contributed by atoms with Gasteiger partial charge in [0.2, 0.25) is 0 Å². The van der Waals surface area contributed by atoms with E-state index in [1.165, 1.54) is 0 Å². The van der Waals surface area contributed by atoms with Gasteiger partial charge in [0.15, 0.2) is 5.65 Å². The normalized spacial score (nSPS) is 11.3. The van der Waals surface area contributed by atoms with Crippen LogP contribution < -0.4 is 4.74 Å². The number of halogens is 1. The lowest BCUT2D eigenvalue weighted by molar-refractivity contribution is 0.0963. The van der Waals surface area contributed by atoms with Crippen LogP contribution in [0.2, 0.25) is 5.02 Å². The van der Waals surface area contributed by atoms with E-state index in [9.17, 15) is 4.79 Å². The van der Waals surface area contributed by atoms with E-state index < -0.39 is 0 Å². The van der Waals surface area contributed by atoms with Crippen molar-refractivity contribution in [2.45, 2.75) is 13.3 Å². The van der Waals surface area contributed by atoms with Crippen LogP contribution in [0.4, 0.5) is 0 Å². The zero-order chi connectivity index (χ0) is 21.5. The summed E-state index contributed by atoms with van der Waals surface area (Å²) in [5.74, 6) is 1.37. The second kappa shape index (κ2) is 7.56. The molecule has 154 valence electrons. The molecule has 7 heteroatoms. The molecule has 5 rings (SSSR count). The number of fused-ring (bicyclic) bond motifs is 2. The van der Waals surface area contributed by atoms with E-state index in [2.05, 4.69) is 15.0 Å². The molecule has 0 unspecified atom stereocenters. The highest BCUT2D eigenvalue weighted by Gasteiger charge is 2.21. The highest BCUT2D eigenvalue weighted by molar-refractivity contribution is 6.30. The van der Waals surface area contributed by atoms with Crippen molar-refractivity contribution >= 4 is 39.6 Å². The molecule has 0 fully saturated rings. The van der Waals surface area contributed by atoms with E-state index in [4.69, 9.17) is 16.3 Å². The lowest BCUT2D eigenvalue weighted by Gasteiger charge is -2.08. The number of methoxy groups -OCH3 is 1. The quantitative estimate of drug-likeness (QED) is 0.427. The monoisotopic (exact) mass is 430 g/mol. The van der Waals surface area contributed by atoms with Gasteiger partial charge in [0.05, 0.1) is 18.1 Å². The SMILES string of the molecule is COc1ccc2c(Cc3nc4ncccc4[nH]3)c(C)n(C(=O)c3ccc(Cl)cc3)c2c1. The van der Waals surface area contributed by atoms with Gasteiger partial charge in [0, 0.05) is 40.4 Å². The fourth-order valence-corrected chi connectivity index (χ4v) is 4.07. The Morgan fingerprint density at radius 3 is 2.71 bits per heavy atom. The summed E-state index contributed by atoms with van der Waals surface area (Å²) in [5, 5.41) is 1.57. The second-order valence-corrected chi connectivity index (χ2v) is 7.77. The molecule has 0 spiro atoms. The highest BCUT2D eigenvalue weighted by Crippen LogP contribution is 2.31. The molecule has 3 aromatic heterocycles. The van der Waals surface area contributed by atoms with Crippen LogP contribution in [0.1, 0.15) is 27.4 Å². The number of benzene rings is 2. The van der Waals surface area contributed by atoms with E-state index >= 15 is 0 Å². The Morgan fingerprint density at radius 2 is 1.97 bits per heavy atom. The zero-order valence-corrected chi connectivity index (χ0v) is 17.8. The molecule has 0 aliphatic heterocycles. The molecule has 0 saturated carbocycles. The zero-order valence-electron chi connectivity index (χ0n) is 17.0. The minimum absolute atomic E-state index is 0.120. The molecule has 0 aliphatic rings. The van der Waals surface area contributed by atoms with Crippen molar-refractivity contribution in [1.29, 1.82) is 0 Å². The lowest BCUT2D eigenvalue weighted by atomic mass is 10.1. The maximum Gasteiger partial charge on any atom is 0.262 e. The molecule has 3 heterocycles. The van der Waals surface area contributed by atoms with E-state index in [-0.39, 0.29) is 5.91 Å². The molecule has 0 bridgehead atoms. The third kappa shape index (κ3) is 3.35. The van der Waals surface area contributed by atoms with Gasteiger partial charge in [-0.05, 0) is 61.0 Å². The first-order valence-electron chi connectivity index (χ1n) is 9.83. The molecular formula is C24H19ClN4O2. The predicted octanol–water partition coefficient (Wildman–Crippen LogP) is 5.16. The molecule has 0 atom stereocenters. The lowest BCUT2D eigenvalue weighted by Crippen LogP contribution is -2.13. The summed E-state index contributed by atoms with van der Waals surface area (Å²) in [4.78, 5) is 25.7. The third-order valence-electron chi connectivity index (χ3n) is 5.49. The number of rotatable bonds is 4. The first-order chi connectivity index (χ1) is 15.0. The third-order valence-corrected chi connectivity index (χ3v) is 5.74. The van der Waals surface area contributed by atoms with E-state index in [0.717, 1.165) is 33.5 Å². The summed E-state index contributed by atoms with van der Waals surface area (Å²) in [7, 11) is 1.62. The van der Waals surface area contributed by atoms with Crippen molar-refractivity contribution in [2.75, 3.05) is 7.11 Å². The van der Waals surface area contributed by atoms with Crippen LogP contribution in [0, 0.1) is 6.92 Å². The van der Waals surface area contributed by atoms with Crippen molar-refractivity contribution in [3.8, 4) is 5.75 Å². The van der Waals surface area contributed by atoms with Crippen molar-refractivity contribution in [2.24, 2.45) is 0 Å². The van der Waals surface area contributed by atoms with E-state index in [0.29, 0.717) is 28.4 Å². The van der Waals surface area contributed by atoms with Crippen LogP contribution in [-0.2, 0) is 6.42 Å². The molecule has 0 amide bonds. The van der Waals surface area contributed by atoms with Crippen molar-refractivity contribution in [3.63, 3.8) is 0 Å². The minimum Gasteiger partial charge on any atom is -0.497 e. The topological polar surface area (TPSA) is 72.8 Å². The van der Waals surface area contributed by atoms with E-state index in [1.54, 1.807) is 42.1 Å². The number of pyridine rings is 1. The van der Waals surface area contributed by atoms with Gasteiger partial charge < -0.3 is 9.72 Å². The van der Waals surface area contributed by atoms with Crippen molar-refractivity contribution in [3.05, 3.63) is 88.5 Å². The largest absolute Gasteiger partial charge is 0.497 e. The molecule has 0 radical (unpaired) electrons. The van der Waals surface area contributed by atoms with Crippen LogP contribution >= 0.6 is 11.6 Å². The smallest absolute Gasteiger partial charge is 0.262 e. The number of ether oxygens (including phenoxy) is 1. The van der Waals surface area contributed by atoms with Crippen molar-refractivity contribution in [1.82, 2.24) is 19.5 Å². The summed E-state index contributed by atoms with van der Waals surface area (Å²) in [6, 6.07) is 16.5. The number of nitrogens with zero attached hydrogens (tertiary/aromatic N) is 3. The Kier molecular flexibility index (Phi) is 4.71. The molecule has 5 aromatic rings. The summed E-state index contributed by atoms with van der Waals surface area (Å²) < 4.78 is 7.15. The number of nitrogens with one attached hydrogen (secondary N) is 1. The molecular weight excluding hydrogens is 412 g/mol. The average molecular weight is 431 g/mol. The summed E-state index contributed by atoms with van der Waals surface area (Å²) in [6.07, 6.45) is 2.27. The average Bonchev–Trinajstić information content (AvgIpc) is 3.31. The molecule has 6 nitrogen and oxygen atoms in total. The van der Waals surface area contributed by atoms with Crippen LogP contribution in [0.3, 0.4) is 0 Å². The van der Waals surface area contributed by atoms with Gasteiger partial charge in [0.1, 0.15) is 11.6 Å². The number of aromatic amines is 1. The standard InChI is InChI=1S/C24H19ClN4O2/c1-14-19(13-22-27-20-4-3-11-26-23(20)28-22)18-10-9-17(31-2)12-21(18)29(14)24(30)15-5-7-16(25)8-6-15/h3-12H,13H2,1-2H3,(H,26,27,28). The Bertz CT molecular complexity index is 1400. The Balaban J connectivity index is 1.67. The number of H-pyrrole nitrogens is 1. The Hall–Kier alpha value is -3.64. The van der Waals surface area contributed by atoms with Gasteiger partial charge in [0.25, 0.3) is 5.91 Å². The molecule has 2 aromatic carbocycles. The Labute approximate surface area is 183 Å². The first kappa shape index (κ1) is 19.3. The van der Waals surface area contributed by atoms with Gasteiger partial charge in [-0.25, -0.2) is 9.97 Å². The van der Waals surface area contributed by atoms with Gasteiger partial charge in [-0.1, -0.05) is 11.6 Å². The fourth-order valence-electron chi connectivity index (χ4n) is 3.94. The van der Waals surface area contributed by atoms with Crippen LogP contribution in [0.5, 0.6) is 5.75 Å². The maximum absolute atomic E-state index is 13.4. The second-order valence-electron chi connectivity index (χ2n) is 7.33. The number of carbonyl (C=O) groups is 1. The number of aromatic nitrogens is 4. The number of hydrogen-bond acceptors (Lipinski definition) is 4. The first-order valence-corrected chi connectivity index (χ1v) is 10.2. The summed E-state index contributed by atoms with van der Waals surface area (Å²) in [6.45, 7) is 1.95. The van der Waals surface area contributed by atoms with E-state index in [1.807, 2.05) is 37.3 Å². The fraction of sp³-hybridized carbons (Fsp3) is 0.125.